The van der Waals surface area contributed by atoms with E-state index in [-0.39, 0.29) is 18.3 Å². The molecule has 1 aliphatic heterocycles. The first-order valence-corrected chi connectivity index (χ1v) is 8.88. The van der Waals surface area contributed by atoms with Gasteiger partial charge in [-0.05, 0) is 30.5 Å². The number of amides is 1. The molecule has 140 valence electrons. The van der Waals surface area contributed by atoms with Gasteiger partial charge >= 0.3 is 0 Å². The Morgan fingerprint density at radius 2 is 1.73 bits per heavy atom. The number of carbonyl (C=O) groups is 1. The summed E-state index contributed by atoms with van der Waals surface area (Å²) in [5.74, 6) is 0.650. The SMILES string of the molecule is CC(OCc1ccccc1)C(=O)N1C[C@@H](CN)[C@H](c2ccccc2)C1.Cl. The topological polar surface area (TPSA) is 55.6 Å². The lowest BCUT2D eigenvalue weighted by atomic mass is 9.89. The van der Waals surface area contributed by atoms with Crippen molar-refractivity contribution in [2.24, 2.45) is 11.7 Å². The molecule has 0 saturated carbocycles. The molecule has 2 aromatic carbocycles. The maximum Gasteiger partial charge on any atom is 0.251 e. The first-order chi connectivity index (χ1) is 12.2. The van der Waals surface area contributed by atoms with Crippen molar-refractivity contribution in [3.63, 3.8) is 0 Å². The second kappa shape index (κ2) is 9.72. The summed E-state index contributed by atoms with van der Waals surface area (Å²) in [5.41, 5.74) is 8.30. The Labute approximate surface area is 161 Å². The van der Waals surface area contributed by atoms with E-state index in [1.165, 1.54) is 5.56 Å². The number of nitrogens with zero attached hydrogens (tertiary/aromatic N) is 1. The number of hydrogen-bond acceptors (Lipinski definition) is 3. The number of nitrogens with two attached hydrogens (primary N) is 1. The minimum absolute atomic E-state index is 0. The third-order valence-electron chi connectivity index (χ3n) is 4.97. The summed E-state index contributed by atoms with van der Waals surface area (Å²) in [7, 11) is 0. The third-order valence-corrected chi connectivity index (χ3v) is 4.97. The molecular formula is C21H27ClN2O2. The van der Waals surface area contributed by atoms with E-state index in [1.807, 2.05) is 60.4 Å². The van der Waals surface area contributed by atoms with E-state index in [2.05, 4.69) is 12.1 Å². The normalized spacial score (nSPS) is 20.5. The van der Waals surface area contributed by atoms with Gasteiger partial charge in [-0.15, -0.1) is 12.4 Å². The highest BCUT2D eigenvalue weighted by molar-refractivity contribution is 5.85. The van der Waals surface area contributed by atoms with E-state index in [0.717, 1.165) is 5.56 Å². The molecule has 2 aromatic rings. The van der Waals surface area contributed by atoms with Gasteiger partial charge in [-0.2, -0.15) is 0 Å². The number of rotatable bonds is 6. The summed E-state index contributed by atoms with van der Waals surface area (Å²) >= 11 is 0. The molecule has 1 heterocycles. The van der Waals surface area contributed by atoms with Crippen LogP contribution in [0.2, 0.25) is 0 Å². The Kier molecular flexibility index (Phi) is 7.64. The monoisotopic (exact) mass is 374 g/mol. The maximum absolute atomic E-state index is 12.8. The smallest absolute Gasteiger partial charge is 0.251 e. The van der Waals surface area contributed by atoms with Gasteiger partial charge in [0.05, 0.1) is 6.61 Å². The maximum atomic E-state index is 12.8. The fourth-order valence-electron chi connectivity index (χ4n) is 3.49. The summed E-state index contributed by atoms with van der Waals surface area (Å²) in [6, 6.07) is 20.3. The van der Waals surface area contributed by atoms with Gasteiger partial charge in [-0.1, -0.05) is 60.7 Å². The van der Waals surface area contributed by atoms with Crippen LogP contribution in [0.25, 0.3) is 0 Å². The Bertz CT molecular complexity index is 681. The van der Waals surface area contributed by atoms with Crippen LogP contribution >= 0.6 is 12.4 Å². The molecule has 0 bridgehead atoms. The van der Waals surface area contributed by atoms with E-state index in [0.29, 0.717) is 38.1 Å². The lowest BCUT2D eigenvalue weighted by Crippen LogP contribution is -2.38. The summed E-state index contributed by atoms with van der Waals surface area (Å²) in [5, 5.41) is 0. The Balaban J connectivity index is 0.00000243. The standard InChI is InChI=1S/C21H26N2O2.ClH/c1-16(25-15-17-8-4-2-5-9-17)21(24)23-13-19(12-22)20(14-23)18-10-6-3-7-11-18;/h2-11,16,19-20H,12-15,22H2,1H3;1H/t16?,19-,20+;/m1./s1. The first kappa shape index (κ1) is 20.4. The van der Waals surface area contributed by atoms with Crippen LogP contribution in [0.3, 0.4) is 0 Å². The number of likely N-dealkylation sites (tertiary alicyclic amines) is 1. The molecule has 0 radical (unpaired) electrons. The van der Waals surface area contributed by atoms with Crippen molar-refractivity contribution in [2.75, 3.05) is 19.6 Å². The molecule has 2 N–H and O–H groups in total. The van der Waals surface area contributed by atoms with Crippen LogP contribution in [0.15, 0.2) is 60.7 Å². The average Bonchev–Trinajstić information content (AvgIpc) is 3.11. The van der Waals surface area contributed by atoms with Crippen LogP contribution in [0, 0.1) is 5.92 Å². The molecule has 1 amide bonds. The molecule has 1 unspecified atom stereocenters. The highest BCUT2D eigenvalue weighted by atomic mass is 35.5. The highest BCUT2D eigenvalue weighted by Crippen LogP contribution is 2.32. The van der Waals surface area contributed by atoms with Crippen molar-refractivity contribution < 1.29 is 9.53 Å². The second-order valence-corrected chi connectivity index (χ2v) is 6.70. The quantitative estimate of drug-likeness (QED) is 0.844. The largest absolute Gasteiger partial charge is 0.364 e. The number of carbonyl (C=O) groups excluding carboxylic acids is 1. The van der Waals surface area contributed by atoms with Crippen molar-refractivity contribution in [3.8, 4) is 0 Å². The van der Waals surface area contributed by atoms with Crippen molar-refractivity contribution in [3.05, 3.63) is 71.8 Å². The van der Waals surface area contributed by atoms with Crippen LogP contribution in [0.4, 0.5) is 0 Å². The molecule has 4 nitrogen and oxygen atoms in total. The first-order valence-electron chi connectivity index (χ1n) is 8.88. The van der Waals surface area contributed by atoms with Crippen molar-refractivity contribution in [1.29, 1.82) is 0 Å². The number of halogens is 1. The predicted molar refractivity (Wildman–Crippen MR) is 106 cm³/mol. The summed E-state index contributed by atoms with van der Waals surface area (Å²) in [4.78, 5) is 14.7. The van der Waals surface area contributed by atoms with Crippen molar-refractivity contribution in [2.45, 2.75) is 25.6 Å². The molecule has 5 heteroatoms. The third kappa shape index (κ3) is 4.85. The van der Waals surface area contributed by atoms with Gasteiger partial charge < -0.3 is 15.4 Å². The van der Waals surface area contributed by atoms with Crippen LogP contribution < -0.4 is 5.73 Å². The zero-order valence-electron chi connectivity index (χ0n) is 15.1. The van der Waals surface area contributed by atoms with Gasteiger partial charge in [0.25, 0.3) is 5.91 Å². The van der Waals surface area contributed by atoms with Gasteiger partial charge in [0, 0.05) is 19.0 Å². The number of benzene rings is 2. The van der Waals surface area contributed by atoms with Crippen LogP contribution in [0.1, 0.15) is 24.0 Å². The molecule has 1 saturated heterocycles. The molecule has 0 spiro atoms. The van der Waals surface area contributed by atoms with Crippen molar-refractivity contribution in [1.82, 2.24) is 4.90 Å². The Morgan fingerprint density at radius 1 is 1.12 bits per heavy atom. The molecule has 3 atom stereocenters. The lowest BCUT2D eigenvalue weighted by Gasteiger charge is -2.21. The van der Waals surface area contributed by atoms with Gasteiger partial charge in [-0.25, -0.2) is 0 Å². The molecule has 0 aromatic heterocycles. The fraction of sp³-hybridized carbons (Fsp3) is 0.381. The molecule has 0 aliphatic carbocycles. The summed E-state index contributed by atoms with van der Waals surface area (Å²) in [6.07, 6.45) is -0.451. The molecule has 1 fully saturated rings. The summed E-state index contributed by atoms with van der Waals surface area (Å²) < 4.78 is 5.79. The Morgan fingerprint density at radius 3 is 2.35 bits per heavy atom. The minimum Gasteiger partial charge on any atom is -0.364 e. The molecular weight excluding hydrogens is 348 g/mol. The number of hydrogen-bond donors (Lipinski definition) is 1. The van der Waals surface area contributed by atoms with E-state index in [9.17, 15) is 4.79 Å². The van der Waals surface area contributed by atoms with Gasteiger partial charge in [-0.3, -0.25) is 4.79 Å². The minimum atomic E-state index is -0.451. The molecule has 26 heavy (non-hydrogen) atoms. The van der Waals surface area contributed by atoms with Crippen LogP contribution in [-0.2, 0) is 16.1 Å². The van der Waals surface area contributed by atoms with Gasteiger partial charge in [0.1, 0.15) is 6.10 Å². The number of ether oxygens (including phenoxy) is 1. The lowest BCUT2D eigenvalue weighted by molar-refractivity contribution is -0.142. The highest BCUT2D eigenvalue weighted by Gasteiger charge is 2.36. The zero-order valence-corrected chi connectivity index (χ0v) is 15.9. The predicted octanol–water partition coefficient (Wildman–Crippen LogP) is 3.21. The van der Waals surface area contributed by atoms with Gasteiger partial charge in [0.15, 0.2) is 0 Å². The van der Waals surface area contributed by atoms with Crippen molar-refractivity contribution >= 4 is 18.3 Å². The van der Waals surface area contributed by atoms with E-state index in [1.54, 1.807) is 0 Å². The summed E-state index contributed by atoms with van der Waals surface area (Å²) in [6.45, 7) is 4.28. The van der Waals surface area contributed by atoms with Gasteiger partial charge in [0.2, 0.25) is 0 Å². The van der Waals surface area contributed by atoms with E-state index >= 15 is 0 Å². The Hall–Kier alpha value is -1.88. The molecule has 1 aliphatic rings. The van der Waals surface area contributed by atoms with E-state index < -0.39 is 6.10 Å². The fourth-order valence-corrected chi connectivity index (χ4v) is 3.49. The molecule has 3 rings (SSSR count). The zero-order chi connectivity index (χ0) is 17.6. The van der Waals surface area contributed by atoms with Crippen LogP contribution in [-0.4, -0.2) is 36.5 Å². The van der Waals surface area contributed by atoms with E-state index in [4.69, 9.17) is 10.5 Å². The van der Waals surface area contributed by atoms with Crippen LogP contribution in [0.5, 0.6) is 0 Å². The second-order valence-electron chi connectivity index (χ2n) is 6.70. The average molecular weight is 375 g/mol.